The fraction of sp³-hybridized carbons (Fsp3) is 0.368. The van der Waals surface area contributed by atoms with Gasteiger partial charge in [0.2, 0.25) is 0 Å². The number of para-hydroxylation sites is 1. The summed E-state index contributed by atoms with van der Waals surface area (Å²) in [6, 6.07) is 16.8. The molecule has 112 valence electrons. The molecule has 2 heteroatoms. The predicted molar refractivity (Wildman–Crippen MR) is 88.8 cm³/mol. The summed E-state index contributed by atoms with van der Waals surface area (Å²) < 4.78 is 6.02. The second-order valence-electron chi connectivity index (χ2n) is 5.79. The molecule has 0 bridgehead atoms. The van der Waals surface area contributed by atoms with Crippen molar-refractivity contribution >= 4 is 0 Å². The monoisotopic (exact) mass is 283 g/mol. The fourth-order valence-electron chi connectivity index (χ4n) is 2.40. The van der Waals surface area contributed by atoms with E-state index in [9.17, 15) is 0 Å². The lowest BCUT2D eigenvalue weighted by Crippen LogP contribution is -2.13. The lowest BCUT2D eigenvalue weighted by molar-refractivity contribution is 0.302. The van der Waals surface area contributed by atoms with Crippen LogP contribution in [-0.4, -0.2) is 25.5 Å². The van der Waals surface area contributed by atoms with E-state index < -0.39 is 0 Å². The summed E-state index contributed by atoms with van der Waals surface area (Å²) in [6.45, 7) is 3.84. The van der Waals surface area contributed by atoms with Crippen LogP contribution in [0.15, 0.2) is 48.5 Å². The van der Waals surface area contributed by atoms with Crippen molar-refractivity contribution in [1.82, 2.24) is 4.90 Å². The van der Waals surface area contributed by atoms with Crippen molar-refractivity contribution in [2.45, 2.75) is 26.4 Å². The van der Waals surface area contributed by atoms with Crippen molar-refractivity contribution in [2.75, 3.05) is 20.6 Å². The molecule has 2 aromatic rings. The molecule has 0 spiro atoms. The molecule has 2 rings (SSSR count). The van der Waals surface area contributed by atoms with Crippen LogP contribution in [0.4, 0.5) is 0 Å². The summed E-state index contributed by atoms with van der Waals surface area (Å²) in [4.78, 5) is 2.22. The SMILES string of the molecule is Cc1cccc(COc2ccccc2CCCN(C)C)c1. The van der Waals surface area contributed by atoms with Gasteiger partial charge in [-0.1, -0.05) is 48.0 Å². The first-order valence-corrected chi connectivity index (χ1v) is 7.56. The molecule has 0 amide bonds. The Labute approximate surface area is 128 Å². The normalized spacial score (nSPS) is 10.9. The van der Waals surface area contributed by atoms with Crippen molar-refractivity contribution in [3.05, 3.63) is 65.2 Å². The maximum atomic E-state index is 6.02. The Morgan fingerprint density at radius 3 is 2.57 bits per heavy atom. The molecule has 0 aliphatic heterocycles. The highest BCUT2D eigenvalue weighted by molar-refractivity contribution is 5.34. The third kappa shape index (κ3) is 5.24. The Balaban J connectivity index is 1.96. The standard InChI is InChI=1S/C19H25NO/c1-16-8-6-9-17(14-16)15-21-19-12-5-4-10-18(19)11-7-13-20(2)3/h4-6,8-10,12,14H,7,11,13,15H2,1-3H3. The highest BCUT2D eigenvalue weighted by Crippen LogP contribution is 2.21. The Kier molecular flexibility index (Phi) is 5.82. The maximum absolute atomic E-state index is 6.02. The van der Waals surface area contributed by atoms with Crippen LogP contribution in [0.5, 0.6) is 5.75 Å². The molecule has 2 nitrogen and oxygen atoms in total. The van der Waals surface area contributed by atoms with Crippen molar-refractivity contribution in [3.8, 4) is 5.75 Å². The first-order valence-electron chi connectivity index (χ1n) is 7.56. The molecular weight excluding hydrogens is 258 g/mol. The lowest BCUT2D eigenvalue weighted by atomic mass is 10.1. The minimum Gasteiger partial charge on any atom is -0.489 e. The topological polar surface area (TPSA) is 12.5 Å². The van der Waals surface area contributed by atoms with Crippen molar-refractivity contribution in [3.63, 3.8) is 0 Å². The van der Waals surface area contributed by atoms with Crippen molar-refractivity contribution in [2.24, 2.45) is 0 Å². The first-order chi connectivity index (χ1) is 10.1. The Bertz CT molecular complexity index is 563. The molecule has 0 saturated carbocycles. The van der Waals surface area contributed by atoms with Gasteiger partial charge in [0.15, 0.2) is 0 Å². The minimum absolute atomic E-state index is 0.631. The molecule has 0 N–H and O–H groups in total. The van der Waals surface area contributed by atoms with Gasteiger partial charge in [-0.05, 0) is 57.6 Å². The number of hydrogen-bond acceptors (Lipinski definition) is 2. The highest BCUT2D eigenvalue weighted by atomic mass is 16.5. The summed E-state index contributed by atoms with van der Waals surface area (Å²) in [6.07, 6.45) is 2.21. The van der Waals surface area contributed by atoms with Crippen LogP contribution < -0.4 is 4.74 Å². The highest BCUT2D eigenvalue weighted by Gasteiger charge is 2.04. The van der Waals surface area contributed by atoms with Crippen LogP contribution in [0.25, 0.3) is 0 Å². The number of ether oxygens (including phenoxy) is 1. The van der Waals surface area contributed by atoms with Gasteiger partial charge in [0.05, 0.1) is 0 Å². The number of aryl methyl sites for hydroxylation is 2. The first kappa shape index (κ1) is 15.6. The van der Waals surface area contributed by atoms with E-state index >= 15 is 0 Å². The summed E-state index contributed by atoms with van der Waals surface area (Å²) in [5.74, 6) is 1.01. The van der Waals surface area contributed by atoms with Crippen LogP contribution in [0.3, 0.4) is 0 Å². The number of rotatable bonds is 7. The zero-order valence-corrected chi connectivity index (χ0v) is 13.3. The summed E-state index contributed by atoms with van der Waals surface area (Å²) in [5, 5.41) is 0. The molecule has 0 radical (unpaired) electrons. The van der Waals surface area contributed by atoms with Gasteiger partial charge in [-0.25, -0.2) is 0 Å². The maximum Gasteiger partial charge on any atom is 0.122 e. The van der Waals surface area contributed by atoms with E-state index in [1.54, 1.807) is 0 Å². The van der Waals surface area contributed by atoms with Crippen molar-refractivity contribution < 1.29 is 4.74 Å². The molecular formula is C19H25NO. The molecule has 2 aromatic carbocycles. The molecule has 0 aliphatic rings. The van der Waals surface area contributed by atoms with Gasteiger partial charge in [-0.3, -0.25) is 0 Å². The van der Waals surface area contributed by atoms with E-state index in [1.165, 1.54) is 16.7 Å². The number of benzene rings is 2. The lowest BCUT2D eigenvalue weighted by Gasteiger charge is -2.13. The van der Waals surface area contributed by atoms with Gasteiger partial charge in [-0.2, -0.15) is 0 Å². The summed E-state index contributed by atoms with van der Waals surface area (Å²) >= 11 is 0. The third-order valence-electron chi connectivity index (χ3n) is 3.50. The Morgan fingerprint density at radius 1 is 1.00 bits per heavy atom. The van der Waals surface area contributed by atoms with E-state index in [1.807, 2.05) is 6.07 Å². The summed E-state index contributed by atoms with van der Waals surface area (Å²) in [7, 11) is 4.22. The smallest absolute Gasteiger partial charge is 0.122 e. The number of hydrogen-bond donors (Lipinski definition) is 0. The third-order valence-corrected chi connectivity index (χ3v) is 3.50. The minimum atomic E-state index is 0.631. The predicted octanol–water partition coefficient (Wildman–Crippen LogP) is 4.07. The van der Waals surface area contributed by atoms with Crippen LogP contribution in [0.1, 0.15) is 23.1 Å². The van der Waals surface area contributed by atoms with E-state index in [2.05, 4.69) is 68.4 Å². The molecule has 0 saturated heterocycles. The molecule has 21 heavy (non-hydrogen) atoms. The molecule has 0 fully saturated rings. The van der Waals surface area contributed by atoms with Gasteiger partial charge in [-0.15, -0.1) is 0 Å². The van der Waals surface area contributed by atoms with E-state index in [4.69, 9.17) is 4.74 Å². The summed E-state index contributed by atoms with van der Waals surface area (Å²) in [5.41, 5.74) is 3.79. The van der Waals surface area contributed by atoms with Gasteiger partial charge in [0.25, 0.3) is 0 Å². The van der Waals surface area contributed by atoms with Crippen molar-refractivity contribution in [1.29, 1.82) is 0 Å². The van der Waals surface area contributed by atoms with Crippen LogP contribution in [0.2, 0.25) is 0 Å². The largest absolute Gasteiger partial charge is 0.489 e. The molecule has 0 aliphatic carbocycles. The van der Waals surface area contributed by atoms with Gasteiger partial charge < -0.3 is 9.64 Å². The van der Waals surface area contributed by atoms with Gasteiger partial charge in [0, 0.05) is 0 Å². The van der Waals surface area contributed by atoms with Crippen LogP contribution in [0, 0.1) is 6.92 Å². The Hall–Kier alpha value is -1.80. The van der Waals surface area contributed by atoms with Gasteiger partial charge >= 0.3 is 0 Å². The van der Waals surface area contributed by atoms with E-state index in [0.29, 0.717) is 6.61 Å². The average molecular weight is 283 g/mol. The zero-order valence-electron chi connectivity index (χ0n) is 13.3. The zero-order chi connectivity index (χ0) is 15.1. The molecule has 0 heterocycles. The molecule has 0 atom stereocenters. The second kappa shape index (κ2) is 7.84. The average Bonchev–Trinajstić information content (AvgIpc) is 2.46. The second-order valence-corrected chi connectivity index (χ2v) is 5.79. The van der Waals surface area contributed by atoms with E-state index in [0.717, 1.165) is 25.1 Å². The fourth-order valence-corrected chi connectivity index (χ4v) is 2.40. The van der Waals surface area contributed by atoms with E-state index in [-0.39, 0.29) is 0 Å². The molecule has 0 aromatic heterocycles. The van der Waals surface area contributed by atoms with Crippen LogP contribution in [-0.2, 0) is 13.0 Å². The quantitative estimate of drug-likeness (QED) is 0.759. The molecule has 0 unspecified atom stereocenters. The van der Waals surface area contributed by atoms with Gasteiger partial charge in [0.1, 0.15) is 12.4 Å². The Morgan fingerprint density at radius 2 is 1.81 bits per heavy atom. The number of nitrogens with zero attached hydrogens (tertiary/aromatic N) is 1. The van der Waals surface area contributed by atoms with Crippen LogP contribution >= 0.6 is 0 Å².